The van der Waals surface area contributed by atoms with Gasteiger partial charge in [0.25, 0.3) is 0 Å². The van der Waals surface area contributed by atoms with E-state index in [0.717, 1.165) is 23.3 Å². The predicted octanol–water partition coefficient (Wildman–Crippen LogP) is 1.63. The summed E-state index contributed by atoms with van der Waals surface area (Å²) in [4.78, 5) is 0.346. The monoisotopic (exact) mass is 300 g/mol. The average molecular weight is 300 g/mol. The van der Waals surface area contributed by atoms with Gasteiger partial charge in [-0.25, -0.2) is 13.1 Å². The highest BCUT2D eigenvalue weighted by molar-refractivity contribution is 8.00. The van der Waals surface area contributed by atoms with E-state index in [-0.39, 0.29) is 0 Å². The zero-order valence-corrected chi connectivity index (χ0v) is 12.7. The van der Waals surface area contributed by atoms with E-state index in [0.29, 0.717) is 23.2 Å². The maximum atomic E-state index is 12.3. The van der Waals surface area contributed by atoms with Crippen LogP contribution in [0.1, 0.15) is 24.0 Å². The van der Waals surface area contributed by atoms with Crippen LogP contribution in [0.4, 0.5) is 0 Å². The van der Waals surface area contributed by atoms with E-state index in [1.165, 1.54) is 6.42 Å². The minimum Gasteiger partial charge on any atom is -0.326 e. The van der Waals surface area contributed by atoms with E-state index in [9.17, 15) is 8.42 Å². The molecule has 6 heteroatoms. The highest BCUT2D eigenvalue weighted by atomic mass is 32.2. The summed E-state index contributed by atoms with van der Waals surface area (Å²) in [5, 5.41) is 0.410. The Labute approximate surface area is 119 Å². The molecule has 0 aliphatic carbocycles. The standard InChI is InChI=1S/C13H20N2O2S2/c1-10-11(8-14)4-2-6-13(10)19(16,17)15-9-12-5-3-7-18-12/h2,4,6,12,15H,3,5,7-9,14H2,1H3. The number of hydrogen-bond acceptors (Lipinski definition) is 4. The summed E-state index contributed by atoms with van der Waals surface area (Å²) in [6, 6.07) is 5.24. The normalized spacial score (nSPS) is 19.8. The number of benzene rings is 1. The fourth-order valence-electron chi connectivity index (χ4n) is 2.26. The largest absolute Gasteiger partial charge is 0.326 e. The average Bonchev–Trinajstić information content (AvgIpc) is 2.90. The van der Waals surface area contributed by atoms with E-state index in [2.05, 4.69) is 4.72 Å². The van der Waals surface area contributed by atoms with Crippen molar-refractivity contribution < 1.29 is 8.42 Å². The van der Waals surface area contributed by atoms with Crippen LogP contribution in [-0.4, -0.2) is 26.0 Å². The second-order valence-corrected chi connectivity index (χ2v) is 7.87. The summed E-state index contributed by atoms with van der Waals surface area (Å²) in [6.45, 7) is 2.67. The number of rotatable bonds is 5. The summed E-state index contributed by atoms with van der Waals surface area (Å²) in [6.07, 6.45) is 2.27. The molecule has 1 heterocycles. The summed E-state index contributed by atoms with van der Waals surface area (Å²) in [7, 11) is -3.43. The van der Waals surface area contributed by atoms with Crippen molar-refractivity contribution in [1.82, 2.24) is 4.72 Å². The molecular weight excluding hydrogens is 280 g/mol. The third-order valence-electron chi connectivity index (χ3n) is 3.43. The van der Waals surface area contributed by atoms with Crippen LogP contribution in [-0.2, 0) is 16.6 Å². The number of nitrogens with two attached hydrogens (primary N) is 1. The minimum atomic E-state index is -3.43. The molecule has 1 aromatic rings. The predicted molar refractivity (Wildman–Crippen MR) is 79.7 cm³/mol. The second kappa shape index (κ2) is 6.26. The van der Waals surface area contributed by atoms with E-state index < -0.39 is 10.0 Å². The zero-order chi connectivity index (χ0) is 13.9. The smallest absolute Gasteiger partial charge is 0.240 e. The molecule has 0 bridgehead atoms. The van der Waals surface area contributed by atoms with Crippen molar-refractivity contribution in [2.24, 2.45) is 5.73 Å². The van der Waals surface area contributed by atoms with Crippen LogP contribution in [0.3, 0.4) is 0 Å². The van der Waals surface area contributed by atoms with E-state index in [1.54, 1.807) is 19.1 Å². The van der Waals surface area contributed by atoms with Crippen LogP contribution >= 0.6 is 11.8 Å². The van der Waals surface area contributed by atoms with Crippen molar-refractivity contribution in [3.8, 4) is 0 Å². The third kappa shape index (κ3) is 3.51. The van der Waals surface area contributed by atoms with Gasteiger partial charge in [-0.1, -0.05) is 12.1 Å². The lowest BCUT2D eigenvalue weighted by atomic mass is 10.1. The zero-order valence-electron chi connectivity index (χ0n) is 11.1. The minimum absolute atomic E-state index is 0.346. The van der Waals surface area contributed by atoms with Crippen molar-refractivity contribution in [1.29, 1.82) is 0 Å². The Kier molecular flexibility index (Phi) is 4.89. The highest BCUT2D eigenvalue weighted by Gasteiger charge is 2.21. The molecule has 106 valence electrons. The van der Waals surface area contributed by atoms with Gasteiger partial charge < -0.3 is 5.73 Å². The summed E-state index contributed by atoms with van der Waals surface area (Å²) >= 11 is 1.84. The molecule has 3 N–H and O–H groups in total. The summed E-state index contributed by atoms with van der Waals surface area (Å²) in [5.74, 6) is 1.13. The molecule has 0 aromatic heterocycles. The Hall–Kier alpha value is -0.560. The Balaban J connectivity index is 2.14. The van der Waals surface area contributed by atoms with Crippen LogP contribution < -0.4 is 10.5 Å². The van der Waals surface area contributed by atoms with Gasteiger partial charge in [-0.3, -0.25) is 0 Å². The van der Waals surface area contributed by atoms with E-state index >= 15 is 0 Å². The first-order valence-corrected chi connectivity index (χ1v) is 8.97. The van der Waals surface area contributed by atoms with Gasteiger partial charge >= 0.3 is 0 Å². The maximum absolute atomic E-state index is 12.3. The molecule has 1 saturated heterocycles. The van der Waals surface area contributed by atoms with E-state index in [4.69, 9.17) is 5.73 Å². The quantitative estimate of drug-likeness (QED) is 0.867. The topological polar surface area (TPSA) is 72.2 Å². The lowest BCUT2D eigenvalue weighted by molar-refractivity contribution is 0.578. The SMILES string of the molecule is Cc1c(CN)cccc1S(=O)(=O)NCC1CCCS1. The summed E-state index contributed by atoms with van der Waals surface area (Å²) in [5.41, 5.74) is 7.24. The van der Waals surface area contributed by atoms with Crippen molar-refractivity contribution in [3.63, 3.8) is 0 Å². The van der Waals surface area contributed by atoms with Gasteiger partial charge in [-0.15, -0.1) is 0 Å². The second-order valence-electron chi connectivity index (χ2n) is 4.73. The van der Waals surface area contributed by atoms with Gasteiger partial charge in [0.2, 0.25) is 10.0 Å². The molecule has 1 atom stereocenters. The molecule has 0 amide bonds. The highest BCUT2D eigenvalue weighted by Crippen LogP contribution is 2.26. The Morgan fingerprint density at radius 1 is 1.47 bits per heavy atom. The lowest BCUT2D eigenvalue weighted by Crippen LogP contribution is -2.30. The number of sulfonamides is 1. The number of thioether (sulfide) groups is 1. The third-order valence-corrected chi connectivity index (χ3v) is 6.40. The van der Waals surface area contributed by atoms with E-state index in [1.807, 2.05) is 17.8 Å². The molecule has 1 fully saturated rings. The van der Waals surface area contributed by atoms with Gasteiger partial charge in [-0.05, 0) is 42.7 Å². The van der Waals surface area contributed by atoms with Crippen LogP contribution in [0.2, 0.25) is 0 Å². The molecule has 1 aliphatic rings. The number of hydrogen-bond donors (Lipinski definition) is 2. The van der Waals surface area contributed by atoms with Crippen molar-refractivity contribution in [2.75, 3.05) is 12.3 Å². The Morgan fingerprint density at radius 2 is 2.26 bits per heavy atom. The van der Waals surface area contributed by atoms with Crippen molar-refractivity contribution >= 4 is 21.8 Å². The van der Waals surface area contributed by atoms with Crippen LogP contribution in [0.5, 0.6) is 0 Å². The molecule has 1 aromatic carbocycles. The summed E-state index contributed by atoms with van der Waals surface area (Å²) < 4.78 is 27.4. The van der Waals surface area contributed by atoms with Gasteiger partial charge in [-0.2, -0.15) is 11.8 Å². The molecule has 1 aliphatic heterocycles. The fourth-order valence-corrected chi connectivity index (χ4v) is 4.93. The molecule has 19 heavy (non-hydrogen) atoms. The Bertz CT molecular complexity index is 538. The van der Waals surface area contributed by atoms with Gasteiger partial charge in [0.1, 0.15) is 0 Å². The maximum Gasteiger partial charge on any atom is 0.240 e. The van der Waals surface area contributed by atoms with Gasteiger partial charge in [0.05, 0.1) is 4.90 Å². The molecular formula is C13H20N2O2S2. The van der Waals surface area contributed by atoms with Crippen molar-refractivity contribution in [2.45, 2.75) is 36.5 Å². The van der Waals surface area contributed by atoms with Crippen LogP contribution in [0, 0.1) is 6.92 Å². The Morgan fingerprint density at radius 3 is 2.89 bits per heavy atom. The molecule has 0 spiro atoms. The van der Waals surface area contributed by atoms with Crippen LogP contribution in [0.15, 0.2) is 23.1 Å². The van der Waals surface area contributed by atoms with Crippen LogP contribution in [0.25, 0.3) is 0 Å². The first-order valence-electron chi connectivity index (χ1n) is 6.44. The molecule has 1 unspecified atom stereocenters. The molecule has 0 saturated carbocycles. The first-order chi connectivity index (χ1) is 9.04. The lowest BCUT2D eigenvalue weighted by Gasteiger charge is -2.14. The molecule has 4 nitrogen and oxygen atoms in total. The molecule has 0 radical (unpaired) electrons. The van der Waals surface area contributed by atoms with Crippen molar-refractivity contribution in [3.05, 3.63) is 29.3 Å². The first kappa shape index (κ1) is 14.8. The van der Waals surface area contributed by atoms with Gasteiger partial charge in [0, 0.05) is 18.3 Å². The number of nitrogens with one attached hydrogen (secondary N) is 1. The fraction of sp³-hybridized carbons (Fsp3) is 0.538. The molecule has 2 rings (SSSR count). The van der Waals surface area contributed by atoms with Gasteiger partial charge in [0.15, 0.2) is 0 Å².